The molecule has 10 nitrogen and oxygen atoms in total. The Morgan fingerprint density at radius 2 is 0.740 bits per heavy atom. The minimum absolute atomic E-state index is 0.300. The van der Waals surface area contributed by atoms with E-state index in [4.69, 9.17) is 9.47 Å². The van der Waals surface area contributed by atoms with E-state index >= 15 is 0 Å². The summed E-state index contributed by atoms with van der Waals surface area (Å²) in [6.45, 7) is 3.66. The van der Waals surface area contributed by atoms with Crippen LogP contribution in [-0.2, 0) is 14.3 Å². The Balaban J connectivity index is 2.08. The number of aliphatic hydroxyl groups is 6. The van der Waals surface area contributed by atoms with E-state index in [1.165, 1.54) is 283 Å². The number of carbonyl (C=O) groups excluding carboxylic acids is 1. The zero-order valence-electron chi connectivity index (χ0n) is 50.9. The van der Waals surface area contributed by atoms with E-state index < -0.39 is 61.5 Å². The summed E-state index contributed by atoms with van der Waals surface area (Å²) < 4.78 is 11.2. The maximum Gasteiger partial charge on any atom is 0.249 e. The normalized spacial score (nSPS) is 19.1. The Labute approximate surface area is 476 Å². The number of aliphatic hydroxyl groups excluding tert-OH is 6. The van der Waals surface area contributed by atoms with Crippen LogP contribution in [0.2, 0.25) is 0 Å². The average molecular weight is 1090 g/mol. The van der Waals surface area contributed by atoms with Crippen molar-refractivity contribution in [3.63, 3.8) is 0 Å². The van der Waals surface area contributed by atoms with Crippen LogP contribution in [0.1, 0.15) is 348 Å². The summed E-state index contributed by atoms with van der Waals surface area (Å²) in [5, 5.41) is 65.2. The lowest BCUT2D eigenvalue weighted by Gasteiger charge is -2.40. The fourth-order valence-electron chi connectivity index (χ4n) is 11.3. The molecular formula is C67H131NO9. The van der Waals surface area contributed by atoms with Crippen molar-refractivity contribution in [1.82, 2.24) is 5.32 Å². The summed E-state index contributed by atoms with van der Waals surface area (Å²) in [4.78, 5) is 13.2. The third-order valence-corrected chi connectivity index (χ3v) is 16.7. The van der Waals surface area contributed by atoms with Gasteiger partial charge in [0, 0.05) is 0 Å². The molecule has 1 heterocycles. The van der Waals surface area contributed by atoms with Crippen molar-refractivity contribution in [3.05, 3.63) is 12.2 Å². The van der Waals surface area contributed by atoms with Crippen LogP contribution in [0.5, 0.6) is 0 Å². The van der Waals surface area contributed by atoms with Crippen LogP contribution < -0.4 is 5.32 Å². The van der Waals surface area contributed by atoms with Gasteiger partial charge in [0.1, 0.15) is 30.5 Å². The molecule has 8 unspecified atom stereocenters. The summed E-state index contributed by atoms with van der Waals surface area (Å²) in [6, 6.07) is -0.977. The van der Waals surface area contributed by atoms with E-state index in [1.54, 1.807) is 6.08 Å². The molecule has 1 amide bonds. The second-order valence-electron chi connectivity index (χ2n) is 24.1. The number of carbonyl (C=O) groups is 1. The van der Waals surface area contributed by atoms with Crippen molar-refractivity contribution in [1.29, 1.82) is 0 Å². The molecular weight excluding hydrogens is 963 g/mol. The van der Waals surface area contributed by atoms with Crippen LogP contribution in [0.3, 0.4) is 0 Å². The molecule has 0 spiro atoms. The van der Waals surface area contributed by atoms with Crippen molar-refractivity contribution < 1.29 is 44.9 Å². The zero-order valence-corrected chi connectivity index (χ0v) is 50.9. The first kappa shape index (κ1) is 73.9. The van der Waals surface area contributed by atoms with Crippen molar-refractivity contribution in [2.45, 2.75) is 397 Å². The third-order valence-electron chi connectivity index (χ3n) is 16.7. The molecule has 0 aromatic rings. The van der Waals surface area contributed by atoms with Gasteiger partial charge in [-0.25, -0.2) is 0 Å². The van der Waals surface area contributed by atoms with E-state index in [0.29, 0.717) is 6.42 Å². The van der Waals surface area contributed by atoms with Crippen LogP contribution in [0.25, 0.3) is 0 Å². The molecule has 8 atom stereocenters. The fourth-order valence-corrected chi connectivity index (χ4v) is 11.3. The molecule has 0 aromatic heterocycles. The van der Waals surface area contributed by atoms with Gasteiger partial charge < -0.3 is 45.4 Å². The highest BCUT2D eigenvalue weighted by atomic mass is 16.7. The fraction of sp³-hybridized carbons (Fsp3) is 0.955. The molecule has 0 radical (unpaired) electrons. The standard InChI is InChI=1S/C67H131NO9/c1-3-5-7-9-11-13-15-17-19-21-22-23-24-25-26-27-28-29-30-31-32-33-34-35-36-37-38-39-40-42-44-46-48-50-52-54-56-61(71)66(75)68-59(58-76-67-65(74)64(73)63(72)62(57-69)77-67)60(70)55-53-51-49-47-45-43-41-20-18-16-14-12-10-8-6-4-2/h53,55,59-65,67,69-74H,3-52,54,56-58H2,1-2H3,(H,68,75)/b55-53+. The van der Waals surface area contributed by atoms with Crippen LogP contribution in [0, 0.1) is 0 Å². The molecule has 0 aromatic carbocycles. The lowest BCUT2D eigenvalue weighted by atomic mass is 9.99. The maximum atomic E-state index is 13.2. The summed E-state index contributed by atoms with van der Waals surface area (Å²) in [7, 11) is 0. The maximum absolute atomic E-state index is 13.2. The zero-order chi connectivity index (χ0) is 55.9. The minimum atomic E-state index is -1.61. The number of allylic oxidation sites excluding steroid dienone is 1. The number of hydrogen-bond donors (Lipinski definition) is 7. The number of nitrogens with one attached hydrogen (secondary N) is 1. The predicted octanol–water partition coefficient (Wildman–Crippen LogP) is 16.9. The first-order valence-electron chi connectivity index (χ1n) is 34.0. The Hall–Kier alpha value is -1.11. The lowest BCUT2D eigenvalue weighted by Crippen LogP contribution is -2.60. The van der Waals surface area contributed by atoms with Crippen molar-refractivity contribution in [2.75, 3.05) is 13.2 Å². The van der Waals surface area contributed by atoms with Gasteiger partial charge in [0.05, 0.1) is 25.4 Å². The van der Waals surface area contributed by atoms with Crippen LogP contribution in [-0.4, -0.2) is 98.7 Å². The molecule has 1 fully saturated rings. The molecule has 1 rings (SSSR count). The Morgan fingerprint density at radius 1 is 0.442 bits per heavy atom. The SMILES string of the molecule is CCCCCCCCCCCCCCCC/C=C/C(O)C(COC1OC(CO)C(O)C(O)C1O)NC(=O)C(O)CCCCCCCCCCCCCCCCCCCCCCCCCCCCCCCCCCCCCC. The van der Waals surface area contributed by atoms with Crippen LogP contribution in [0.4, 0.5) is 0 Å². The van der Waals surface area contributed by atoms with Gasteiger partial charge in [-0.15, -0.1) is 0 Å². The number of rotatable bonds is 60. The molecule has 458 valence electrons. The van der Waals surface area contributed by atoms with E-state index in [1.807, 2.05) is 6.08 Å². The first-order chi connectivity index (χ1) is 37.8. The molecule has 0 aliphatic carbocycles. The van der Waals surface area contributed by atoms with Crippen LogP contribution >= 0.6 is 0 Å². The second-order valence-corrected chi connectivity index (χ2v) is 24.1. The number of unbranched alkanes of at least 4 members (excludes halogenated alkanes) is 49. The monoisotopic (exact) mass is 1090 g/mol. The molecule has 10 heteroatoms. The topological polar surface area (TPSA) is 169 Å². The predicted molar refractivity (Wildman–Crippen MR) is 324 cm³/mol. The van der Waals surface area contributed by atoms with Gasteiger partial charge in [-0.3, -0.25) is 4.79 Å². The van der Waals surface area contributed by atoms with E-state index in [2.05, 4.69) is 19.2 Å². The van der Waals surface area contributed by atoms with Gasteiger partial charge in [-0.2, -0.15) is 0 Å². The van der Waals surface area contributed by atoms with Gasteiger partial charge in [0.25, 0.3) is 0 Å². The largest absolute Gasteiger partial charge is 0.394 e. The van der Waals surface area contributed by atoms with E-state index in [0.717, 1.165) is 44.9 Å². The van der Waals surface area contributed by atoms with Crippen molar-refractivity contribution >= 4 is 5.91 Å². The Morgan fingerprint density at radius 3 is 1.05 bits per heavy atom. The van der Waals surface area contributed by atoms with Gasteiger partial charge in [-0.05, 0) is 19.3 Å². The van der Waals surface area contributed by atoms with E-state index in [-0.39, 0.29) is 6.61 Å². The minimum Gasteiger partial charge on any atom is -0.394 e. The summed E-state index contributed by atoms with van der Waals surface area (Å²) in [5.41, 5.74) is 0. The highest BCUT2D eigenvalue weighted by molar-refractivity contribution is 5.80. The van der Waals surface area contributed by atoms with Gasteiger partial charge in [0.2, 0.25) is 5.91 Å². The molecule has 1 aliphatic rings. The molecule has 1 aliphatic heterocycles. The van der Waals surface area contributed by atoms with Crippen molar-refractivity contribution in [2.24, 2.45) is 0 Å². The molecule has 1 saturated heterocycles. The van der Waals surface area contributed by atoms with Crippen molar-refractivity contribution in [3.8, 4) is 0 Å². The highest BCUT2D eigenvalue weighted by Gasteiger charge is 2.44. The number of hydrogen-bond acceptors (Lipinski definition) is 9. The average Bonchev–Trinajstić information content (AvgIpc) is 3.44. The Bertz CT molecular complexity index is 1240. The number of ether oxygens (including phenoxy) is 2. The highest BCUT2D eigenvalue weighted by Crippen LogP contribution is 2.24. The first-order valence-corrected chi connectivity index (χ1v) is 34.0. The molecule has 0 saturated carbocycles. The third kappa shape index (κ3) is 45.1. The quantitative estimate of drug-likeness (QED) is 0.0232. The van der Waals surface area contributed by atoms with E-state index in [9.17, 15) is 35.4 Å². The number of amides is 1. The molecule has 0 bridgehead atoms. The van der Waals surface area contributed by atoms with Gasteiger partial charge in [-0.1, -0.05) is 341 Å². The summed E-state index contributed by atoms with van der Waals surface area (Å²) in [6.07, 6.45) is 62.2. The van der Waals surface area contributed by atoms with Crippen LogP contribution in [0.15, 0.2) is 12.2 Å². The Kier molecular flexibility index (Phi) is 54.5. The molecule has 7 N–H and O–H groups in total. The smallest absolute Gasteiger partial charge is 0.249 e. The lowest BCUT2D eigenvalue weighted by molar-refractivity contribution is -0.302. The summed E-state index contributed by atoms with van der Waals surface area (Å²) in [5.74, 6) is -0.608. The summed E-state index contributed by atoms with van der Waals surface area (Å²) >= 11 is 0. The molecule has 77 heavy (non-hydrogen) atoms. The van der Waals surface area contributed by atoms with Gasteiger partial charge in [0.15, 0.2) is 6.29 Å². The second kappa shape index (κ2) is 56.7. The van der Waals surface area contributed by atoms with Gasteiger partial charge >= 0.3 is 0 Å².